The molecule has 5 heteroatoms. The number of carbonyl (C=O) groups excluding carboxylic acids is 1. The van der Waals surface area contributed by atoms with Crippen LogP contribution in [0.25, 0.3) is 10.9 Å². The van der Waals surface area contributed by atoms with Crippen molar-refractivity contribution in [2.75, 3.05) is 6.54 Å². The lowest BCUT2D eigenvalue weighted by Gasteiger charge is -2.30. The lowest BCUT2D eigenvalue weighted by atomic mass is 10.0. The first-order valence-corrected chi connectivity index (χ1v) is 10.3. The number of benzene rings is 1. The molecule has 158 valence electrons. The van der Waals surface area contributed by atoms with Crippen molar-refractivity contribution in [1.29, 1.82) is 0 Å². The maximum absolute atomic E-state index is 12.7. The normalized spacial score (nSPS) is 15.9. The van der Waals surface area contributed by atoms with Gasteiger partial charge >= 0.3 is 6.09 Å². The summed E-state index contributed by atoms with van der Waals surface area (Å²) in [7, 11) is 0. The second-order valence-corrected chi connectivity index (χ2v) is 8.90. The van der Waals surface area contributed by atoms with Crippen molar-refractivity contribution < 1.29 is 15.0 Å². The summed E-state index contributed by atoms with van der Waals surface area (Å²) in [4.78, 5) is 18.5. The van der Waals surface area contributed by atoms with Crippen LogP contribution >= 0.6 is 0 Å². The first-order valence-electron chi connectivity index (χ1n) is 12.5. The lowest BCUT2D eigenvalue weighted by Crippen LogP contribution is -2.40. The topological polar surface area (TPSA) is 47.4 Å². The average molecular weight is 410 g/mol. The van der Waals surface area contributed by atoms with E-state index in [4.69, 9.17) is 10.2 Å². The number of hydrogen-bond acceptors (Lipinski definition) is 3. The van der Waals surface area contributed by atoms with Gasteiger partial charge < -0.3 is 14.2 Å². The zero-order chi connectivity index (χ0) is 24.8. The summed E-state index contributed by atoms with van der Waals surface area (Å²) >= 11 is 0. The van der Waals surface area contributed by atoms with Gasteiger partial charge in [0.05, 0.1) is 10.7 Å². The van der Waals surface area contributed by atoms with Gasteiger partial charge in [-0.3, -0.25) is 4.98 Å². The Bertz CT molecular complexity index is 1260. The van der Waals surface area contributed by atoms with Crippen molar-refractivity contribution in [2.24, 2.45) is 0 Å². The Balaban J connectivity index is 1.69. The summed E-state index contributed by atoms with van der Waals surface area (Å²) in [5, 5.41) is 1.10. The summed E-state index contributed by atoms with van der Waals surface area (Å²) in [5.74, 6) is 0. The largest absolute Gasteiger partial charge is 0.444 e. The van der Waals surface area contributed by atoms with Gasteiger partial charge in [-0.1, -0.05) is 17.7 Å². The molecule has 0 fully saturated rings. The first-order chi connectivity index (χ1) is 16.0. The fourth-order valence-corrected chi connectivity index (χ4v) is 3.98. The third kappa shape index (κ3) is 4.20. The fraction of sp³-hybridized carbons (Fsp3) is 0.440. The highest BCUT2D eigenvalue weighted by Gasteiger charge is 2.29. The van der Waals surface area contributed by atoms with Crippen LogP contribution in [0, 0.1) is 13.8 Å². The van der Waals surface area contributed by atoms with Gasteiger partial charge in [0, 0.05) is 54.9 Å². The summed E-state index contributed by atoms with van der Waals surface area (Å²) in [5.41, 5.74) is 4.50. The molecule has 0 N–H and O–H groups in total. The molecule has 1 aliphatic heterocycles. The molecular weight excluding hydrogens is 374 g/mol. The van der Waals surface area contributed by atoms with Crippen LogP contribution in [-0.4, -0.2) is 32.7 Å². The second kappa shape index (κ2) is 7.78. The van der Waals surface area contributed by atoms with E-state index in [0.717, 1.165) is 27.7 Å². The van der Waals surface area contributed by atoms with Crippen molar-refractivity contribution in [3.8, 4) is 0 Å². The molecule has 5 nitrogen and oxygen atoms in total. The highest BCUT2D eigenvalue weighted by Crippen LogP contribution is 2.32. The van der Waals surface area contributed by atoms with Gasteiger partial charge in [-0.2, -0.15) is 0 Å². The zero-order valence-corrected chi connectivity index (χ0v) is 18.1. The monoisotopic (exact) mass is 409 g/mol. The first kappa shape index (κ1) is 15.9. The highest BCUT2D eigenvalue weighted by atomic mass is 16.6. The quantitative estimate of drug-likeness (QED) is 0.598. The van der Waals surface area contributed by atoms with E-state index in [9.17, 15) is 4.79 Å². The van der Waals surface area contributed by atoms with Gasteiger partial charge in [-0.15, -0.1) is 0 Å². The summed E-state index contributed by atoms with van der Waals surface area (Å²) in [6.07, 6.45) is 0.742. The molecule has 0 unspecified atom stereocenters. The van der Waals surface area contributed by atoms with E-state index in [1.54, 1.807) is 4.90 Å². The van der Waals surface area contributed by atoms with Crippen LogP contribution < -0.4 is 0 Å². The third-order valence-electron chi connectivity index (χ3n) is 5.33. The van der Waals surface area contributed by atoms with E-state index in [0.29, 0.717) is 38.0 Å². The van der Waals surface area contributed by atoms with Crippen LogP contribution in [0.1, 0.15) is 54.3 Å². The number of amides is 1. The van der Waals surface area contributed by atoms with Gasteiger partial charge in [0.15, 0.2) is 0 Å². The van der Waals surface area contributed by atoms with Crippen molar-refractivity contribution in [3.05, 3.63) is 64.5 Å². The van der Waals surface area contributed by atoms with E-state index in [1.807, 2.05) is 27.7 Å². The van der Waals surface area contributed by atoms with Crippen molar-refractivity contribution in [2.45, 2.75) is 66.1 Å². The smallest absolute Gasteiger partial charge is 0.410 e. The van der Waals surface area contributed by atoms with E-state index in [-0.39, 0.29) is 36.9 Å². The number of nitrogens with zero attached hydrogens (tertiary/aromatic N) is 3. The Morgan fingerprint density at radius 1 is 1.33 bits per heavy atom. The molecule has 4 rings (SSSR count). The minimum Gasteiger partial charge on any atom is -0.444 e. The Labute approximate surface area is 184 Å². The number of hydrogen-bond donors (Lipinski definition) is 0. The standard InChI is InChI=1S/C25H31N3O2/c1-17-6-9-22-20(14-17)21-16-27(24(29)30-25(3,4)5)12-11-23(21)28(22)13-10-19-8-7-18(2)26-15-19/h6-9,14-15H,10-13,16H2,1-5H3/i2D,7D,8D,15D. The molecule has 0 saturated heterocycles. The fourth-order valence-electron chi connectivity index (χ4n) is 3.98. The van der Waals surface area contributed by atoms with Crippen LogP contribution in [0.3, 0.4) is 0 Å². The van der Waals surface area contributed by atoms with Gasteiger partial charge in [-0.05, 0) is 64.8 Å². The number of carbonyl (C=O) groups is 1. The van der Waals surface area contributed by atoms with E-state index in [1.165, 1.54) is 0 Å². The Morgan fingerprint density at radius 3 is 2.93 bits per heavy atom. The minimum absolute atomic E-state index is 0.0143. The molecule has 1 aliphatic rings. The molecule has 3 aromatic rings. The van der Waals surface area contributed by atoms with E-state index in [2.05, 4.69) is 27.8 Å². The SMILES string of the molecule is [2H]Cc1nc([2H])c(CCn2c3c(c4cc(C)ccc42)CN(C(=O)OC(C)(C)C)CC3)c([2H])c1[2H]. The molecule has 0 aliphatic carbocycles. The number of aryl methyl sites for hydroxylation is 3. The summed E-state index contributed by atoms with van der Waals surface area (Å²) in [6, 6.07) is 6.21. The van der Waals surface area contributed by atoms with Crippen molar-refractivity contribution >= 4 is 17.0 Å². The van der Waals surface area contributed by atoms with Gasteiger partial charge in [0.25, 0.3) is 0 Å². The highest BCUT2D eigenvalue weighted by molar-refractivity contribution is 5.87. The average Bonchev–Trinajstić information content (AvgIpc) is 3.07. The Morgan fingerprint density at radius 2 is 2.17 bits per heavy atom. The number of rotatable bonds is 3. The summed E-state index contributed by atoms with van der Waals surface area (Å²) < 4.78 is 40.0. The minimum atomic E-state index is -0.551. The number of aromatic nitrogens is 2. The number of fused-ring (bicyclic) bond motifs is 3. The molecular formula is C25H31N3O2. The van der Waals surface area contributed by atoms with Crippen LogP contribution in [0.4, 0.5) is 4.79 Å². The van der Waals surface area contributed by atoms with Crippen molar-refractivity contribution in [3.63, 3.8) is 0 Å². The number of ether oxygens (including phenoxy) is 1. The second-order valence-electron chi connectivity index (χ2n) is 8.90. The Kier molecular flexibility index (Phi) is 4.14. The molecule has 2 aromatic heterocycles. The van der Waals surface area contributed by atoms with Gasteiger partial charge in [0.2, 0.25) is 0 Å². The maximum Gasteiger partial charge on any atom is 0.410 e. The van der Waals surface area contributed by atoms with Crippen LogP contribution in [0.2, 0.25) is 0 Å². The predicted octanol–water partition coefficient (Wildman–Crippen LogP) is 5.19. The predicted molar refractivity (Wildman–Crippen MR) is 120 cm³/mol. The van der Waals surface area contributed by atoms with Gasteiger partial charge in [-0.25, -0.2) is 4.79 Å². The molecule has 1 aromatic carbocycles. The van der Waals surface area contributed by atoms with Crippen molar-refractivity contribution in [1.82, 2.24) is 14.5 Å². The molecule has 1 amide bonds. The van der Waals surface area contributed by atoms with Crippen LogP contribution in [0.5, 0.6) is 0 Å². The summed E-state index contributed by atoms with van der Waals surface area (Å²) in [6.45, 7) is 9.01. The maximum atomic E-state index is 12.7. The molecule has 0 bridgehead atoms. The van der Waals surface area contributed by atoms with E-state index >= 15 is 0 Å². The Hall–Kier alpha value is -2.82. The number of pyridine rings is 1. The lowest BCUT2D eigenvalue weighted by molar-refractivity contribution is 0.0223. The zero-order valence-electron chi connectivity index (χ0n) is 22.1. The van der Waals surface area contributed by atoms with Gasteiger partial charge in [0.1, 0.15) is 5.60 Å². The molecule has 30 heavy (non-hydrogen) atoms. The van der Waals surface area contributed by atoms with E-state index < -0.39 is 5.60 Å². The third-order valence-corrected chi connectivity index (χ3v) is 5.33. The molecule has 0 saturated carbocycles. The van der Waals surface area contributed by atoms with Crippen LogP contribution in [0.15, 0.2) is 36.5 Å². The molecule has 0 atom stereocenters. The van der Waals surface area contributed by atoms with Crippen LogP contribution in [-0.2, 0) is 30.7 Å². The molecule has 0 radical (unpaired) electrons. The molecule has 3 heterocycles. The molecule has 0 spiro atoms.